The van der Waals surface area contributed by atoms with Gasteiger partial charge in [-0.1, -0.05) is 0 Å². The van der Waals surface area contributed by atoms with Crippen LogP contribution in [0.2, 0.25) is 0 Å². The van der Waals surface area contributed by atoms with Crippen LogP contribution in [0.1, 0.15) is 30.1 Å². The van der Waals surface area contributed by atoms with E-state index in [0.717, 1.165) is 12.1 Å². The summed E-state index contributed by atoms with van der Waals surface area (Å²) in [6.45, 7) is 0.635. The van der Waals surface area contributed by atoms with Crippen molar-refractivity contribution in [2.45, 2.75) is 73.8 Å². The van der Waals surface area contributed by atoms with Crippen molar-refractivity contribution in [2.75, 3.05) is 13.2 Å². The van der Waals surface area contributed by atoms with Gasteiger partial charge in [0.25, 0.3) is 0 Å². The molecule has 14 nitrogen and oxygen atoms in total. The molecule has 204 valence electrons. The van der Waals surface area contributed by atoms with Crippen molar-refractivity contribution >= 4 is 5.97 Å². The summed E-state index contributed by atoms with van der Waals surface area (Å²) in [5.41, 5.74) is -3.81. The first-order valence-electron chi connectivity index (χ1n) is 11.8. The number of esters is 1. The monoisotopic (exact) mass is 528 g/mol. The molecule has 8 N–H and O–H groups in total. The summed E-state index contributed by atoms with van der Waals surface area (Å²) in [7, 11) is 0. The Morgan fingerprint density at radius 1 is 1.08 bits per heavy atom. The molecule has 11 atom stereocenters. The summed E-state index contributed by atoms with van der Waals surface area (Å²) in [6.07, 6.45) is -8.76. The normalized spacial score (nSPS) is 49.2. The Balaban J connectivity index is 1.20. The Morgan fingerprint density at radius 2 is 1.76 bits per heavy atom. The number of aromatic hydroxyl groups is 3. The number of hydrogen-bond acceptors (Lipinski definition) is 14. The van der Waals surface area contributed by atoms with Crippen molar-refractivity contribution in [3.8, 4) is 17.2 Å². The van der Waals surface area contributed by atoms with Crippen LogP contribution in [-0.4, -0.2) is 114 Å². The van der Waals surface area contributed by atoms with Gasteiger partial charge in [0.2, 0.25) is 0 Å². The quantitative estimate of drug-likeness (QED) is 0.144. The van der Waals surface area contributed by atoms with Gasteiger partial charge in [-0.05, 0) is 25.5 Å². The van der Waals surface area contributed by atoms with Crippen molar-refractivity contribution in [1.82, 2.24) is 0 Å². The Labute approximate surface area is 209 Å². The molecule has 0 amide bonds. The minimum atomic E-state index is -1.76. The maximum Gasteiger partial charge on any atom is 0.338 e. The van der Waals surface area contributed by atoms with Crippen LogP contribution >= 0.6 is 0 Å². The van der Waals surface area contributed by atoms with Gasteiger partial charge < -0.3 is 64.5 Å². The summed E-state index contributed by atoms with van der Waals surface area (Å²) >= 11 is 0. The number of aliphatic hydroxyl groups excluding tert-OH is 4. The van der Waals surface area contributed by atoms with Gasteiger partial charge in [-0.3, -0.25) is 0 Å². The van der Waals surface area contributed by atoms with Crippen molar-refractivity contribution in [3.05, 3.63) is 17.7 Å². The predicted octanol–water partition coefficient (Wildman–Crippen LogP) is -2.24. The smallest absolute Gasteiger partial charge is 0.338 e. The second-order valence-electron chi connectivity index (χ2n) is 10.7. The Bertz CT molecular complexity index is 1120. The zero-order valence-electron chi connectivity index (χ0n) is 19.6. The van der Waals surface area contributed by atoms with E-state index in [1.54, 1.807) is 6.92 Å². The third-order valence-electron chi connectivity index (χ3n) is 8.89. The van der Waals surface area contributed by atoms with Gasteiger partial charge in [-0.15, -0.1) is 0 Å². The van der Waals surface area contributed by atoms with E-state index >= 15 is 0 Å². The van der Waals surface area contributed by atoms with Gasteiger partial charge in [0.15, 0.2) is 35.6 Å². The summed E-state index contributed by atoms with van der Waals surface area (Å²) in [6, 6.07) is 1.72. The van der Waals surface area contributed by atoms with Crippen LogP contribution in [0.4, 0.5) is 0 Å². The first-order valence-corrected chi connectivity index (χ1v) is 11.8. The van der Waals surface area contributed by atoms with Crippen LogP contribution in [0.5, 0.6) is 17.2 Å². The highest BCUT2D eigenvalue weighted by molar-refractivity contribution is 5.91. The fraction of sp³-hybridized carbons (Fsp3) is 0.696. The summed E-state index contributed by atoms with van der Waals surface area (Å²) in [4.78, 5) is 12.4. The number of ether oxygens (including phenoxy) is 5. The molecule has 4 saturated heterocycles. The van der Waals surface area contributed by atoms with Crippen LogP contribution in [0.25, 0.3) is 0 Å². The molecule has 1 aromatic rings. The van der Waals surface area contributed by atoms with Gasteiger partial charge in [0, 0.05) is 12.3 Å². The molecule has 0 radical (unpaired) electrons. The Kier molecular flexibility index (Phi) is 5.18. The summed E-state index contributed by atoms with van der Waals surface area (Å²) < 4.78 is 28.8. The largest absolute Gasteiger partial charge is 0.504 e. The molecule has 7 unspecified atom stereocenters. The third kappa shape index (κ3) is 2.93. The molecule has 1 aromatic carbocycles. The van der Waals surface area contributed by atoms with Crippen molar-refractivity contribution in [2.24, 2.45) is 11.3 Å². The third-order valence-corrected chi connectivity index (χ3v) is 8.89. The molecule has 7 aliphatic rings. The zero-order chi connectivity index (χ0) is 26.7. The van der Waals surface area contributed by atoms with E-state index in [0.29, 0.717) is 0 Å². The molecule has 37 heavy (non-hydrogen) atoms. The topological polar surface area (TPSA) is 225 Å². The molecule has 0 aromatic heterocycles. The maximum atomic E-state index is 12.4. The van der Waals surface area contributed by atoms with E-state index in [-0.39, 0.29) is 18.4 Å². The fourth-order valence-electron chi connectivity index (χ4n) is 7.01. The molecule has 3 aliphatic carbocycles. The molecule has 8 rings (SSSR count). The number of hydrogen-bond donors (Lipinski definition) is 8. The molecule has 7 fully saturated rings. The highest BCUT2D eigenvalue weighted by Crippen LogP contribution is 2.81. The van der Waals surface area contributed by atoms with Crippen LogP contribution in [-0.2, 0) is 23.7 Å². The van der Waals surface area contributed by atoms with Crippen molar-refractivity contribution in [3.63, 3.8) is 0 Å². The molecular formula is C23H28O14. The lowest BCUT2D eigenvalue weighted by Gasteiger charge is -2.67. The number of rotatable bonds is 6. The Morgan fingerprint density at radius 3 is 2.41 bits per heavy atom. The number of carbonyl (C=O) groups excluding carboxylic acids is 1. The summed E-state index contributed by atoms with van der Waals surface area (Å²) in [5, 5.41) is 81.5. The molecule has 3 saturated carbocycles. The number of carbonyl (C=O) groups is 1. The average Bonchev–Trinajstić information content (AvgIpc) is 3.03. The highest BCUT2D eigenvalue weighted by atomic mass is 16.8. The second kappa shape index (κ2) is 7.65. The standard InChI is InChI=1S/C23H28O14/c1-20-6-22(32)12-4-23(20,21(12,7-24)19(36-20)37-22)35-18-16(30)15(29)14(28)11(34-18)5-33-17(31)8-2-9(25)13(27)10(26)3-8/h2-3,11-12,14-16,18-19,24-30,32H,4-7H2,1H3/t11?,12?,14?,15?,16?,18?,19-,20+,21?,22-,23+/m1/s1. The second-order valence-corrected chi connectivity index (χ2v) is 10.7. The molecule has 4 heterocycles. The average molecular weight is 528 g/mol. The van der Waals surface area contributed by atoms with E-state index in [1.807, 2.05) is 0 Å². The van der Waals surface area contributed by atoms with Gasteiger partial charge in [-0.2, -0.15) is 0 Å². The van der Waals surface area contributed by atoms with Gasteiger partial charge >= 0.3 is 5.97 Å². The number of phenolic OH excluding ortho intramolecular Hbond substituents is 3. The first-order chi connectivity index (χ1) is 17.3. The zero-order valence-corrected chi connectivity index (χ0v) is 19.6. The van der Waals surface area contributed by atoms with E-state index < -0.39 is 102 Å². The van der Waals surface area contributed by atoms with Crippen LogP contribution in [0.3, 0.4) is 0 Å². The predicted molar refractivity (Wildman–Crippen MR) is 114 cm³/mol. The maximum absolute atomic E-state index is 12.4. The minimum absolute atomic E-state index is 0.0459. The lowest BCUT2D eigenvalue weighted by Crippen LogP contribution is -2.80. The van der Waals surface area contributed by atoms with Crippen LogP contribution in [0, 0.1) is 11.3 Å². The lowest BCUT2D eigenvalue weighted by molar-refractivity contribution is -0.424. The van der Waals surface area contributed by atoms with Crippen LogP contribution < -0.4 is 0 Å². The van der Waals surface area contributed by atoms with E-state index in [9.17, 15) is 45.6 Å². The molecule has 6 bridgehead atoms. The van der Waals surface area contributed by atoms with Crippen molar-refractivity contribution in [1.29, 1.82) is 0 Å². The van der Waals surface area contributed by atoms with E-state index in [4.69, 9.17) is 23.7 Å². The van der Waals surface area contributed by atoms with Gasteiger partial charge in [0.05, 0.1) is 17.6 Å². The SMILES string of the molecule is C[C@@]12C[C@@]3(O)O[C@@H](O1)C1(CO)C3C[C@@]12OC1OC(COC(=O)c2cc(O)c(O)c(O)c2)C(O)C(O)C1O. The van der Waals surface area contributed by atoms with Crippen molar-refractivity contribution < 1.29 is 69.3 Å². The number of aliphatic hydroxyl groups is 5. The molecular weight excluding hydrogens is 500 g/mol. The highest BCUT2D eigenvalue weighted by Gasteiger charge is 2.94. The molecule has 4 aliphatic heterocycles. The fourth-order valence-corrected chi connectivity index (χ4v) is 7.01. The van der Waals surface area contributed by atoms with E-state index in [2.05, 4.69) is 0 Å². The van der Waals surface area contributed by atoms with Crippen LogP contribution in [0.15, 0.2) is 12.1 Å². The Hall–Kier alpha value is -2.27. The number of phenols is 3. The summed E-state index contributed by atoms with van der Waals surface area (Å²) in [5.74, 6) is -5.35. The number of benzene rings is 1. The van der Waals surface area contributed by atoms with Gasteiger partial charge in [-0.25, -0.2) is 4.79 Å². The molecule has 0 spiro atoms. The lowest BCUT2D eigenvalue weighted by atomic mass is 9.41. The molecule has 14 heteroatoms. The minimum Gasteiger partial charge on any atom is -0.504 e. The van der Waals surface area contributed by atoms with E-state index in [1.165, 1.54) is 0 Å². The first kappa shape index (κ1) is 25.0. The van der Waals surface area contributed by atoms with Gasteiger partial charge in [0.1, 0.15) is 42.2 Å².